The lowest BCUT2D eigenvalue weighted by Crippen LogP contribution is -2.35. The molecule has 4 heteroatoms. The molecule has 0 unspecified atom stereocenters. The van der Waals surface area contributed by atoms with Crippen LogP contribution in [0, 0.1) is 0 Å². The Kier molecular flexibility index (Phi) is 5.48. The minimum absolute atomic E-state index is 0.0287. The Morgan fingerprint density at radius 1 is 1.38 bits per heavy atom. The highest BCUT2D eigenvalue weighted by molar-refractivity contribution is 5.68. The summed E-state index contributed by atoms with van der Waals surface area (Å²) in [5.74, 6) is 0.805. The first kappa shape index (κ1) is 15.7. The number of rotatable bonds is 5. The third kappa shape index (κ3) is 3.90. The largest absolute Gasteiger partial charge is 0.497 e. The fraction of sp³-hybridized carbons (Fsp3) is 0.588. The molecule has 0 radical (unpaired) electrons. The molecule has 0 aliphatic heterocycles. The Morgan fingerprint density at radius 3 is 2.71 bits per heavy atom. The fourth-order valence-corrected chi connectivity index (χ4v) is 2.86. The molecule has 4 nitrogen and oxygen atoms in total. The topological polar surface area (TPSA) is 38.8 Å². The second kappa shape index (κ2) is 7.34. The van der Waals surface area contributed by atoms with Crippen LogP contribution < -0.4 is 4.74 Å². The van der Waals surface area contributed by atoms with Gasteiger partial charge in [0.1, 0.15) is 11.9 Å². The zero-order valence-corrected chi connectivity index (χ0v) is 13.2. The summed E-state index contributed by atoms with van der Waals surface area (Å²) in [5.41, 5.74) is 1.06. The van der Waals surface area contributed by atoms with Gasteiger partial charge in [-0.1, -0.05) is 12.1 Å². The number of carbonyl (C=O) groups excluding carboxylic acids is 1. The Morgan fingerprint density at radius 2 is 2.10 bits per heavy atom. The van der Waals surface area contributed by atoms with Crippen molar-refractivity contribution in [1.82, 2.24) is 4.90 Å². The first-order chi connectivity index (χ1) is 10.2. The molecule has 1 aliphatic rings. The van der Waals surface area contributed by atoms with Crippen molar-refractivity contribution in [3.05, 3.63) is 29.8 Å². The van der Waals surface area contributed by atoms with Gasteiger partial charge in [-0.05, 0) is 57.2 Å². The van der Waals surface area contributed by atoms with E-state index in [1.54, 1.807) is 12.0 Å². The number of benzene rings is 1. The third-order valence-electron chi connectivity index (χ3n) is 4.19. The lowest BCUT2D eigenvalue weighted by Gasteiger charge is -2.29. The monoisotopic (exact) mass is 291 g/mol. The van der Waals surface area contributed by atoms with Crippen molar-refractivity contribution >= 4 is 6.09 Å². The van der Waals surface area contributed by atoms with E-state index in [-0.39, 0.29) is 18.2 Å². The van der Waals surface area contributed by atoms with Crippen LogP contribution in [0.4, 0.5) is 4.79 Å². The first-order valence-electron chi connectivity index (χ1n) is 7.77. The molecule has 1 aliphatic carbocycles. The van der Waals surface area contributed by atoms with E-state index < -0.39 is 0 Å². The minimum atomic E-state index is -0.209. The minimum Gasteiger partial charge on any atom is -0.497 e. The normalized spacial score (nSPS) is 16.5. The summed E-state index contributed by atoms with van der Waals surface area (Å²) >= 11 is 0. The number of methoxy groups -OCH3 is 1. The Bertz CT molecular complexity index is 469. The average Bonchev–Trinajstić information content (AvgIpc) is 3.00. The number of carbonyl (C=O) groups is 1. The van der Waals surface area contributed by atoms with Gasteiger partial charge in [0.2, 0.25) is 0 Å². The van der Waals surface area contributed by atoms with Crippen molar-refractivity contribution in [3.8, 4) is 5.75 Å². The molecule has 1 fully saturated rings. The highest BCUT2D eigenvalue weighted by Gasteiger charge is 2.26. The quantitative estimate of drug-likeness (QED) is 0.817. The van der Waals surface area contributed by atoms with Gasteiger partial charge in [0.15, 0.2) is 0 Å². The van der Waals surface area contributed by atoms with Crippen molar-refractivity contribution in [3.63, 3.8) is 0 Å². The van der Waals surface area contributed by atoms with Crippen LogP contribution >= 0.6 is 0 Å². The lowest BCUT2D eigenvalue weighted by molar-refractivity contribution is 0.0566. The van der Waals surface area contributed by atoms with Crippen LogP contribution in [-0.2, 0) is 4.74 Å². The Labute approximate surface area is 127 Å². The Balaban J connectivity index is 2.05. The molecule has 0 bridgehead atoms. The summed E-state index contributed by atoms with van der Waals surface area (Å²) in [4.78, 5) is 14.1. The molecule has 0 aromatic heterocycles. The maximum Gasteiger partial charge on any atom is 0.410 e. The van der Waals surface area contributed by atoms with Gasteiger partial charge < -0.3 is 14.4 Å². The molecule has 0 N–H and O–H groups in total. The third-order valence-corrected chi connectivity index (χ3v) is 4.19. The van der Waals surface area contributed by atoms with Gasteiger partial charge >= 0.3 is 6.09 Å². The average molecular weight is 291 g/mol. The summed E-state index contributed by atoms with van der Waals surface area (Å²) in [7, 11) is 1.65. The predicted octanol–water partition coefficient (Wildman–Crippen LogP) is 4.16. The molecule has 21 heavy (non-hydrogen) atoms. The molecule has 0 saturated heterocycles. The summed E-state index contributed by atoms with van der Waals surface area (Å²) in [6, 6.07) is 7.80. The molecule has 1 saturated carbocycles. The number of ether oxygens (including phenoxy) is 2. The molecule has 1 atom stereocenters. The van der Waals surface area contributed by atoms with Crippen LogP contribution in [0.5, 0.6) is 5.75 Å². The van der Waals surface area contributed by atoms with Crippen molar-refractivity contribution in [2.24, 2.45) is 0 Å². The van der Waals surface area contributed by atoms with Crippen LogP contribution in [0.2, 0.25) is 0 Å². The maximum absolute atomic E-state index is 12.4. The SMILES string of the molecule is CCN(C(=O)OC1CCCC1)[C@@H](C)c1cccc(OC)c1. The van der Waals surface area contributed by atoms with E-state index in [2.05, 4.69) is 0 Å². The molecule has 0 heterocycles. The molecular formula is C17H25NO3. The fourth-order valence-electron chi connectivity index (χ4n) is 2.86. The molecular weight excluding hydrogens is 266 g/mol. The van der Waals surface area contributed by atoms with E-state index in [9.17, 15) is 4.79 Å². The highest BCUT2D eigenvalue weighted by Crippen LogP contribution is 2.26. The second-order valence-corrected chi connectivity index (χ2v) is 5.53. The highest BCUT2D eigenvalue weighted by atomic mass is 16.6. The lowest BCUT2D eigenvalue weighted by atomic mass is 10.1. The van der Waals surface area contributed by atoms with E-state index in [1.165, 1.54) is 0 Å². The molecule has 0 spiro atoms. The smallest absolute Gasteiger partial charge is 0.410 e. The van der Waals surface area contributed by atoms with E-state index >= 15 is 0 Å². The van der Waals surface area contributed by atoms with Gasteiger partial charge in [0.05, 0.1) is 13.2 Å². The molecule has 1 aromatic carbocycles. The van der Waals surface area contributed by atoms with Crippen LogP contribution in [0.15, 0.2) is 24.3 Å². The van der Waals surface area contributed by atoms with Crippen molar-refractivity contribution in [1.29, 1.82) is 0 Å². The second-order valence-electron chi connectivity index (χ2n) is 5.53. The van der Waals surface area contributed by atoms with E-state index in [1.807, 2.05) is 38.1 Å². The molecule has 1 amide bonds. The maximum atomic E-state index is 12.4. The zero-order chi connectivity index (χ0) is 15.2. The van der Waals surface area contributed by atoms with Gasteiger partial charge in [-0.2, -0.15) is 0 Å². The molecule has 116 valence electrons. The Hall–Kier alpha value is -1.71. The van der Waals surface area contributed by atoms with E-state index in [0.29, 0.717) is 6.54 Å². The number of hydrogen-bond donors (Lipinski definition) is 0. The zero-order valence-electron chi connectivity index (χ0n) is 13.2. The number of amides is 1. The molecule has 1 aromatic rings. The summed E-state index contributed by atoms with van der Waals surface area (Å²) in [5, 5.41) is 0. The van der Waals surface area contributed by atoms with Gasteiger partial charge in [0, 0.05) is 6.54 Å². The van der Waals surface area contributed by atoms with Crippen LogP contribution in [0.3, 0.4) is 0 Å². The van der Waals surface area contributed by atoms with E-state index in [0.717, 1.165) is 37.0 Å². The van der Waals surface area contributed by atoms with Gasteiger partial charge in [-0.25, -0.2) is 4.79 Å². The summed E-state index contributed by atoms with van der Waals surface area (Å²) in [6.07, 6.45) is 4.21. The van der Waals surface area contributed by atoms with E-state index in [4.69, 9.17) is 9.47 Å². The van der Waals surface area contributed by atoms with Crippen LogP contribution in [0.25, 0.3) is 0 Å². The standard InChI is InChI=1S/C17H25NO3/c1-4-18(17(19)21-15-9-5-6-10-15)13(2)14-8-7-11-16(12-14)20-3/h7-8,11-13,15H,4-6,9-10H2,1-3H3/t13-/m0/s1. The van der Waals surface area contributed by atoms with Gasteiger partial charge in [-0.3, -0.25) is 0 Å². The number of nitrogens with zero attached hydrogens (tertiary/aromatic N) is 1. The van der Waals surface area contributed by atoms with Crippen LogP contribution in [-0.4, -0.2) is 30.8 Å². The van der Waals surface area contributed by atoms with Crippen molar-refractivity contribution in [2.45, 2.75) is 51.7 Å². The molecule has 2 rings (SSSR count). The van der Waals surface area contributed by atoms with Crippen molar-refractivity contribution in [2.75, 3.05) is 13.7 Å². The summed E-state index contributed by atoms with van der Waals surface area (Å²) < 4.78 is 10.9. The van der Waals surface area contributed by atoms with Gasteiger partial charge in [0.25, 0.3) is 0 Å². The first-order valence-corrected chi connectivity index (χ1v) is 7.77. The van der Waals surface area contributed by atoms with Crippen molar-refractivity contribution < 1.29 is 14.3 Å². The van der Waals surface area contributed by atoms with Gasteiger partial charge in [-0.15, -0.1) is 0 Å². The predicted molar refractivity (Wildman–Crippen MR) is 82.5 cm³/mol. The van der Waals surface area contributed by atoms with Crippen LogP contribution in [0.1, 0.15) is 51.1 Å². The summed E-state index contributed by atoms with van der Waals surface area (Å²) in [6.45, 7) is 4.63. The number of hydrogen-bond acceptors (Lipinski definition) is 3.